The summed E-state index contributed by atoms with van der Waals surface area (Å²) in [7, 11) is 7.39. The van der Waals surface area contributed by atoms with Crippen molar-refractivity contribution in [3.63, 3.8) is 0 Å². The lowest BCUT2D eigenvalue weighted by atomic mass is 10.4. The van der Waals surface area contributed by atoms with E-state index < -0.39 is 0 Å². The summed E-state index contributed by atoms with van der Waals surface area (Å²) in [6.45, 7) is 1.49. The second-order valence-corrected chi connectivity index (χ2v) is 8.24. The molecule has 0 saturated heterocycles. The van der Waals surface area contributed by atoms with Crippen LogP contribution in [0.2, 0.25) is 5.02 Å². The van der Waals surface area contributed by atoms with Crippen LogP contribution in [0.15, 0.2) is 52.5 Å². The topological polar surface area (TPSA) is 52.9 Å². The second-order valence-electron chi connectivity index (χ2n) is 6.63. The normalized spacial score (nSPS) is 11.4. The van der Waals surface area contributed by atoms with Gasteiger partial charge in [-0.05, 0) is 18.2 Å². The van der Waals surface area contributed by atoms with Crippen LogP contribution in [0.3, 0.4) is 0 Å². The smallest absolute Gasteiger partial charge is 0.243 e. The fourth-order valence-corrected chi connectivity index (χ4v) is 3.55. The summed E-state index contributed by atoms with van der Waals surface area (Å²) in [5.41, 5.74) is 1.07. The lowest BCUT2D eigenvalue weighted by Gasteiger charge is -2.23. The first-order chi connectivity index (χ1) is 13.4. The molecule has 0 radical (unpaired) electrons. The van der Waals surface area contributed by atoms with Gasteiger partial charge in [0.05, 0.1) is 11.6 Å². The van der Waals surface area contributed by atoms with E-state index in [1.165, 1.54) is 4.90 Å². The van der Waals surface area contributed by atoms with E-state index in [9.17, 15) is 4.79 Å². The predicted molar refractivity (Wildman–Crippen MR) is 118 cm³/mol. The Kier molecular flexibility index (Phi) is 8.73. The van der Waals surface area contributed by atoms with E-state index >= 15 is 0 Å². The summed E-state index contributed by atoms with van der Waals surface area (Å²) in [6, 6.07) is 12.2. The van der Waals surface area contributed by atoms with Crippen LogP contribution in [0.4, 0.5) is 0 Å². The van der Waals surface area contributed by atoms with Crippen LogP contribution in [0.1, 0.15) is 5.69 Å². The number of thioether (sulfide) groups is 1. The number of nitrogens with one attached hydrogen (secondary N) is 1. The van der Waals surface area contributed by atoms with Gasteiger partial charge in [-0.15, -0.1) is 11.8 Å². The first kappa shape index (κ1) is 22.2. The largest absolute Gasteiger partial charge is 0.355 e. The number of guanidine groups is 1. The van der Waals surface area contributed by atoms with Crippen molar-refractivity contribution in [2.24, 2.45) is 12.0 Å². The van der Waals surface area contributed by atoms with Crippen LogP contribution in [0.5, 0.6) is 0 Å². The standard InChI is InChI=1S/C20H28ClN5OS/c1-24(2)19(27)13-23-20(22-10-11-28-18-8-6-5-7-9-18)26(4)15-17-12-16(21)14-25(17)3/h5-9,12,14H,10-11,13,15H2,1-4H3,(H,22,23). The molecular weight excluding hydrogens is 394 g/mol. The molecule has 0 unspecified atom stereocenters. The number of amides is 1. The molecule has 28 heavy (non-hydrogen) atoms. The zero-order chi connectivity index (χ0) is 20.5. The molecule has 2 rings (SSSR count). The van der Waals surface area contributed by atoms with E-state index in [0.29, 0.717) is 17.5 Å². The van der Waals surface area contributed by atoms with Crippen molar-refractivity contribution in [2.45, 2.75) is 11.4 Å². The summed E-state index contributed by atoms with van der Waals surface area (Å²) >= 11 is 7.87. The fourth-order valence-electron chi connectivity index (χ4n) is 2.49. The van der Waals surface area contributed by atoms with Crippen molar-refractivity contribution in [1.82, 2.24) is 19.7 Å². The van der Waals surface area contributed by atoms with Crippen LogP contribution in [-0.2, 0) is 18.4 Å². The number of aryl methyl sites for hydroxylation is 1. The highest BCUT2D eigenvalue weighted by Crippen LogP contribution is 2.16. The summed E-state index contributed by atoms with van der Waals surface area (Å²) < 4.78 is 1.99. The number of hydrogen-bond donors (Lipinski definition) is 1. The molecule has 0 aliphatic rings. The van der Waals surface area contributed by atoms with Gasteiger partial charge in [0.15, 0.2) is 5.96 Å². The van der Waals surface area contributed by atoms with Gasteiger partial charge in [-0.2, -0.15) is 0 Å². The summed E-state index contributed by atoms with van der Waals surface area (Å²) in [4.78, 5) is 21.2. The van der Waals surface area contributed by atoms with Gasteiger partial charge in [0.25, 0.3) is 0 Å². The lowest BCUT2D eigenvalue weighted by Crippen LogP contribution is -2.40. The first-order valence-corrected chi connectivity index (χ1v) is 10.4. The fraction of sp³-hybridized carbons (Fsp3) is 0.400. The molecule has 152 valence electrons. The molecule has 0 spiro atoms. The molecule has 0 aliphatic heterocycles. The van der Waals surface area contributed by atoms with Crippen molar-refractivity contribution in [1.29, 1.82) is 0 Å². The summed E-state index contributed by atoms with van der Waals surface area (Å²) in [6.07, 6.45) is 1.88. The van der Waals surface area contributed by atoms with E-state index in [1.54, 1.807) is 30.8 Å². The second kappa shape index (κ2) is 11.0. The quantitative estimate of drug-likeness (QED) is 0.308. The molecule has 1 aromatic carbocycles. The van der Waals surface area contributed by atoms with Crippen molar-refractivity contribution < 1.29 is 4.79 Å². The Bertz CT molecular complexity index is 791. The van der Waals surface area contributed by atoms with Crippen molar-refractivity contribution in [3.05, 3.63) is 53.3 Å². The molecule has 1 N–H and O–H groups in total. The van der Waals surface area contributed by atoms with Gasteiger partial charge in [-0.3, -0.25) is 4.79 Å². The molecule has 1 amide bonds. The molecule has 6 nitrogen and oxygen atoms in total. The number of carbonyl (C=O) groups excluding carboxylic acids is 1. The van der Waals surface area contributed by atoms with Gasteiger partial charge >= 0.3 is 0 Å². The maximum Gasteiger partial charge on any atom is 0.243 e. The molecule has 1 heterocycles. The summed E-state index contributed by atoms with van der Waals surface area (Å²) in [5.74, 6) is 1.56. The molecule has 0 saturated carbocycles. The maximum absolute atomic E-state index is 11.9. The van der Waals surface area contributed by atoms with Crippen LogP contribution in [0, 0.1) is 0 Å². The molecule has 1 aromatic heterocycles. The Morgan fingerprint density at radius 3 is 2.57 bits per heavy atom. The predicted octanol–water partition coefficient (Wildman–Crippen LogP) is 2.94. The van der Waals surface area contributed by atoms with Crippen molar-refractivity contribution in [3.8, 4) is 0 Å². The minimum Gasteiger partial charge on any atom is -0.355 e. The lowest BCUT2D eigenvalue weighted by molar-refractivity contribution is -0.127. The Labute approximate surface area is 176 Å². The number of carbonyl (C=O) groups is 1. The average molecular weight is 422 g/mol. The summed E-state index contributed by atoms with van der Waals surface area (Å²) in [5, 5.41) is 4.08. The molecular formula is C20H28ClN5OS. The Morgan fingerprint density at radius 1 is 1.25 bits per heavy atom. The number of rotatable bonds is 8. The number of aliphatic imine (C=N–C) groups is 1. The van der Waals surface area contributed by atoms with Gasteiger partial charge in [0.1, 0.15) is 6.54 Å². The highest BCUT2D eigenvalue weighted by atomic mass is 35.5. The first-order valence-electron chi connectivity index (χ1n) is 9.05. The SMILES string of the molecule is CN(C)C(=O)CN=C(NCCSc1ccccc1)N(C)Cc1cc(Cl)cn1C. The molecule has 0 aliphatic carbocycles. The maximum atomic E-state index is 11.9. The van der Waals surface area contributed by atoms with E-state index in [1.807, 2.05) is 54.0 Å². The molecule has 0 fully saturated rings. The van der Waals surface area contributed by atoms with Crippen molar-refractivity contribution >= 4 is 35.2 Å². The van der Waals surface area contributed by atoms with Gasteiger partial charge in [-0.25, -0.2) is 4.99 Å². The number of aromatic nitrogens is 1. The van der Waals surface area contributed by atoms with E-state index in [0.717, 1.165) is 18.0 Å². The van der Waals surface area contributed by atoms with Crippen LogP contribution in [-0.4, -0.2) is 66.2 Å². The van der Waals surface area contributed by atoms with Crippen LogP contribution in [0.25, 0.3) is 0 Å². The molecule has 8 heteroatoms. The van der Waals surface area contributed by atoms with Gasteiger partial charge in [0.2, 0.25) is 5.91 Å². The van der Waals surface area contributed by atoms with E-state index in [4.69, 9.17) is 11.6 Å². The minimum atomic E-state index is -0.0340. The van der Waals surface area contributed by atoms with E-state index in [2.05, 4.69) is 22.4 Å². The average Bonchev–Trinajstić information content (AvgIpc) is 2.98. The number of likely N-dealkylation sites (N-methyl/N-ethyl adjacent to an activating group) is 1. The Morgan fingerprint density at radius 2 is 1.96 bits per heavy atom. The van der Waals surface area contributed by atoms with E-state index in [-0.39, 0.29) is 12.5 Å². The van der Waals surface area contributed by atoms with Crippen LogP contribution >= 0.6 is 23.4 Å². The number of nitrogens with zero attached hydrogens (tertiary/aromatic N) is 4. The molecule has 0 bridgehead atoms. The number of benzene rings is 1. The molecule has 2 aromatic rings. The minimum absolute atomic E-state index is 0.0340. The number of hydrogen-bond acceptors (Lipinski definition) is 3. The zero-order valence-electron chi connectivity index (χ0n) is 16.9. The third kappa shape index (κ3) is 7.13. The van der Waals surface area contributed by atoms with Crippen molar-refractivity contribution in [2.75, 3.05) is 40.0 Å². The Balaban J connectivity index is 1.98. The Hall–Kier alpha value is -2.12. The van der Waals surface area contributed by atoms with Gasteiger partial charge < -0.3 is 19.7 Å². The highest BCUT2D eigenvalue weighted by Gasteiger charge is 2.12. The highest BCUT2D eigenvalue weighted by molar-refractivity contribution is 7.99. The zero-order valence-corrected chi connectivity index (χ0v) is 18.4. The molecule has 0 atom stereocenters. The number of halogens is 1. The van der Waals surface area contributed by atoms with Gasteiger partial charge in [-0.1, -0.05) is 29.8 Å². The van der Waals surface area contributed by atoms with Crippen LogP contribution < -0.4 is 5.32 Å². The third-order valence-corrected chi connectivity index (χ3v) is 5.32. The van der Waals surface area contributed by atoms with Gasteiger partial charge in [0, 0.05) is 57.3 Å². The third-order valence-electron chi connectivity index (χ3n) is 4.10. The monoisotopic (exact) mass is 421 g/mol.